The lowest BCUT2D eigenvalue weighted by Gasteiger charge is -2.24. The molecule has 0 bridgehead atoms. The Kier molecular flexibility index (Phi) is 4.76. The van der Waals surface area contributed by atoms with Crippen LogP contribution in [-0.2, 0) is 6.54 Å². The van der Waals surface area contributed by atoms with Crippen molar-refractivity contribution in [3.8, 4) is 0 Å². The Labute approximate surface area is 119 Å². The summed E-state index contributed by atoms with van der Waals surface area (Å²) in [5, 5.41) is 14.2. The van der Waals surface area contributed by atoms with Crippen molar-refractivity contribution >= 4 is 17.4 Å². The van der Waals surface area contributed by atoms with Crippen LogP contribution in [0.15, 0.2) is 12.4 Å². The molecule has 0 spiro atoms. The third-order valence-electron chi connectivity index (χ3n) is 3.45. The smallest absolute Gasteiger partial charge is 0.0862 e. The van der Waals surface area contributed by atoms with Crippen LogP contribution < -0.4 is 5.73 Å². The van der Waals surface area contributed by atoms with Gasteiger partial charge in [0.2, 0.25) is 0 Å². The number of nitrogens with zero attached hydrogens (tertiary/aromatic N) is 3. The van der Waals surface area contributed by atoms with E-state index in [4.69, 9.17) is 5.73 Å². The van der Waals surface area contributed by atoms with Crippen molar-refractivity contribution in [2.45, 2.75) is 37.7 Å². The summed E-state index contributed by atoms with van der Waals surface area (Å²) in [5.41, 5.74) is 6.25. The first-order valence-corrected chi connectivity index (χ1v) is 7.75. The quantitative estimate of drug-likeness (QED) is 0.865. The molecule has 108 valence electrons. The molecule has 3 N–H and O–H groups in total. The van der Waals surface area contributed by atoms with Gasteiger partial charge in [0.05, 0.1) is 24.5 Å². The fraction of sp³-hybridized carbons (Fsp3) is 0.769. The van der Waals surface area contributed by atoms with E-state index in [1.807, 2.05) is 11.8 Å². The Morgan fingerprint density at radius 3 is 2.95 bits per heavy atom. The van der Waals surface area contributed by atoms with E-state index in [9.17, 15) is 5.11 Å². The Morgan fingerprint density at radius 1 is 1.47 bits per heavy atom. The van der Waals surface area contributed by atoms with Gasteiger partial charge in [-0.3, -0.25) is 9.58 Å². The number of aliphatic hydroxyl groups excluding tert-OH is 1. The minimum Gasteiger partial charge on any atom is -0.396 e. The summed E-state index contributed by atoms with van der Waals surface area (Å²) in [6.07, 6.45) is 4.13. The molecule has 0 aliphatic carbocycles. The van der Waals surface area contributed by atoms with Crippen molar-refractivity contribution in [3.05, 3.63) is 12.4 Å². The molecule has 2 rings (SSSR count). The molecular formula is C13H24N4OS. The SMILES string of the molecule is CC1(C)CCN(CC(O)Cn2cc(N)cn2)CCS1. The third-order valence-corrected chi connectivity index (χ3v) is 4.82. The normalized spacial score (nSPS) is 22.1. The van der Waals surface area contributed by atoms with Gasteiger partial charge in [0.1, 0.15) is 0 Å². The molecule has 1 aromatic heterocycles. The second-order valence-corrected chi connectivity index (χ2v) is 7.61. The first-order valence-electron chi connectivity index (χ1n) is 6.77. The van der Waals surface area contributed by atoms with E-state index in [-0.39, 0.29) is 0 Å². The van der Waals surface area contributed by atoms with Crippen molar-refractivity contribution in [2.75, 3.05) is 31.1 Å². The van der Waals surface area contributed by atoms with Gasteiger partial charge in [-0.05, 0) is 13.0 Å². The van der Waals surface area contributed by atoms with E-state index in [2.05, 4.69) is 23.8 Å². The van der Waals surface area contributed by atoms with Gasteiger partial charge in [-0.2, -0.15) is 16.9 Å². The highest BCUT2D eigenvalue weighted by molar-refractivity contribution is 8.00. The largest absolute Gasteiger partial charge is 0.396 e. The number of hydrogen-bond donors (Lipinski definition) is 2. The molecule has 1 aliphatic rings. The van der Waals surface area contributed by atoms with Gasteiger partial charge in [-0.15, -0.1) is 0 Å². The first-order chi connectivity index (χ1) is 8.94. The minimum absolute atomic E-state index is 0.357. The van der Waals surface area contributed by atoms with Crippen molar-refractivity contribution < 1.29 is 5.11 Å². The molecule has 6 heteroatoms. The highest BCUT2D eigenvalue weighted by Gasteiger charge is 2.24. The lowest BCUT2D eigenvalue weighted by Crippen LogP contribution is -2.36. The number of aliphatic hydroxyl groups is 1. The minimum atomic E-state index is -0.398. The Morgan fingerprint density at radius 2 is 2.26 bits per heavy atom. The standard InChI is InChI=1S/C13H24N4OS/c1-13(2)3-4-16(5-6-19-13)9-12(18)10-17-8-11(14)7-15-17/h7-8,12,18H,3-6,9-10,14H2,1-2H3. The zero-order chi connectivity index (χ0) is 13.9. The second kappa shape index (κ2) is 6.15. The van der Waals surface area contributed by atoms with Crippen LogP contribution in [0.25, 0.3) is 0 Å². The number of aromatic nitrogens is 2. The topological polar surface area (TPSA) is 67.3 Å². The maximum Gasteiger partial charge on any atom is 0.0862 e. The highest BCUT2D eigenvalue weighted by atomic mass is 32.2. The molecule has 1 fully saturated rings. The molecule has 2 heterocycles. The molecule has 5 nitrogen and oxygen atoms in total. The Hall–Kier alpha value is -0.720. The van der Waals surface area contributed by atoms with E-state index in [1.165, 1.54) is 6.42 Å². The maximum absolute atomic E-state index is 10.1. The summed E-state index contributed by atoms with van der Waals surface area (Å²) in [6, 6.07) is 0. The number of hydrogen-bond acceptors (Lipinski definition) is 5. The van der Waals surface area contributed by atoms with Gasteiger partial charge >= 0.3 is 0 Å². The van der Waals surface area contributed by atoms with Crippen molar-refractivity contribution in [1.29, 1.82) is 0 Å². The lowest BCUT2D eigenvalue weighted by atomic mass is 10.1. The van der Waals surface area contributed by atoms with E-state index >= 15 is 0 Å². The molecule has 1 saturated heterocycles. The molecular weight excluding hydrogens is 260 g/mol. The lowest BCUT2D eigenvalue weighted by molar-refractivity contribution is 0.0972. The van der Waals surface area contributed by atoms with Crippen molar-refractivity contribution in [2.24, 2.45) is 0 Å². The summed E-state index contributed by atoms with van der Waals surface area (Å²) in [4.78, 5) is 2.35. The van der Waals surface area contributed by atoms with Crippen LogP contribution in [0.2, 0.25) is 0 Å². The molecule has 1 aromatic rings. The third kappa shape index (κ3) is 4.71. The summed E-state index contributed by atoms with van der Waals surface area (Å²) in [7, 11) is 0. The zero-order valence-corrected chi connectivity index (χ0v) is 12.6. The summed E-state index contributed by atoms with van der Waals surface area (Å²) < 4.78 is 2.06. The van der Waals surface area contributed by atoms with Gasteiger partial charge in [-0.1, -0.05) is 13.8 Å². The van der Waals surface area contributed by atoms with Gasteiger partial charge < -0.3 is 10.8 Å². The zero-order valence-electron chi connectivity index (χ0n) is 11.7. The van der Waals surface area contributed by atoms with Crippen LogP contribution in [0.3, 0.4) is 0 Å². The second-order valence-electron chi connectivity index (χ2n) is 5.81. The van der Waals surface area contributed by atoms with Crippen LogP contribution in [0.1, 0.15) is 20.3 Å². The number of β-amino-alcohol motifs (C(OH)–C–C–N with tert-alkyl or cyclic N) is 1. The Balaban J connectivity index is 1.80. The summed E-state index contributed by atoms with van der Waals surface area (Å²) >= 11 is 2.02. The average molecular weight is 284 g/mol. The number of thioether (sulfide) groups is 1. The molecule has 1 aliphatic heterocycles. The van der Waals surface area contributed by atoms with Crippen molar-refractivity contribution in [3.63, 3.8) is 0 Å². The molecule has 19 heavy (non-hydrogen) atoms. The summed E-state index contributed by atoms with van der Waals surface area (Å²) in [5.74, 6) is 1.13. The van der Waals surface area contributed by atoms with Crippen LogP contribution in [0, 0.1) is 0 Å². The molecule has 1 unspecified atom stereocenters. The van der Waals surface area contributed by atoms with Crippen molar-refractivity contribution in [1.82, 2.24) is 14.7 Å². The predicted molar refractivity (Wildman–Crippen MR) is 80.2 cm³/mol. The fourth-order valence-corrected chi connectivity index (χ4v) is 3.43. The van der Waals surface area contributed by atoms with Gasteiger partial charge in [-0.25, -0.2) is 0 Å². The fourth-order valence-electron chi connectivity index (χ4n) is 2.30. The number of rotatable bonds is 4. The van der Waals surface area contributed by atoms with Crippen LogP contribution >= 0.6 is 11.8 Å². The number of nitrogen functional groups attached to an aromatic ring is 1. The molecule has 0 amide bonds. The number of nitrogens with two attached hydrogens (primary N) is 1. The van der Waals surface area contributed by atoms with Crippen LogP contribution in [0.4, 0.5) is 5.69 Å². The summed E-state index contributed by atoms with van der Waals surface area (Å²) in [6.45, 7) is 7.90. The highest BCUT2D eigenvalue weighted by Crippen LogP contribution is 2.30. The van der Waals surface area contributed by atoms with E-state index < -0.39 is 6.10 Å². The maximum atomic E-state index is 10.1. The van der Waals surface area contributed by atoms with Gasteiger partial charge in [0, 0.05) is 29.8 Å². The van der Waals surface area contributed by atoms with E-state index in [0.717, 1.165) is 18.8 Å². The molecule has 0 aromatic carbocycles. The van der Waals surface area contributed by atoms with Gasteiger partial charge in [0.15, 0.2) is 0 Å². The first kappa shape index (κ1) is 14.7. The average Bonchev–Trinajstić information content (AvgIpc) is 2.63. The van der Waals surface area contributed by atoms with Crippen LogP contribution in [0.5, 0.6) is 0 Å². The predicted octanol–water partition coefficient (Wildman–Crippen LogP) is 1.04. The van der Waals surface area contributed by atoms with E-state index in [0.29, 0.717) is 23.5 Å². The molecule has 0 saturated carbocycles. The van der Waals surface area contributed by atoms with Gasteiger partial charge in [0.25, 0.3) is 0 Å². The van der Waals surface area contributed by atoms with Crippen LogP contribution in [-0.4, -0.2) is 56.0 Å². The molecule has 1 atom stereocenters. The monoisotopic (exact) mass is 284 g/mol. The number of anilines is 1. The molecule has 0 radical (unpaired) electrons. The Bertz CT molecular complexity index is 407. The van der Waals surface area contributed by atoms with E-state index in [1.54, 1.807) is 17.1 Å².